The quantitative estimate of drug-likeness (QED) is 0.657. The summed E-state index contributed by atoms with van der Waals surface area (Å²) >= 11 is 0. The first-order valence-corrected chi connectivity index (χ1v) is 3.49. The Kier molecular flexibility index (Phi) is 3.61. The molecule has 0 bridgehead atoms. The van der Waals surface area contributed by atoms with Gasteiger partial charge in [-0.15, -0.1) is 0 Å². The van der Waals surface area contributed by atoms with Crippen molar-refractivity contribution in [1.82, 2.24) is 0 Å². The Bertz CT molecular complexity index is 201. The van der Waals surface area contributed by atoms with E-state index in [0.717, 1.165) is 0 Å². The molecule has 0 fully saturated rings. The van der Waals surface area contributed by atoms with Crippen molar-refractivity contribution in [3.63, 3.8) is 0 Å². The molecule has 0 aliphatic carbocycles. The molecule has 11 heavy (non-hydrogen) atoms. The molecule has 2 nitrogen and oxygen atoms in total. The van der Waals surface area contributed by atoms with Gasteiger partial charge in [0, 0.05) is 0 Å². The lowest BCUT2D eigenvalue weighted by Crippen LogP contribution is -1.84. The summed E-state index contributed by atoms with van der Waals surface area (Å²) in [5, 5.41) is 8.94. The first-order valence-electron chi connectivity index (χ1n) is 3.49. The number of phenolic OH excluding ortho intramolecular Hbond substituents is 1. The van der Waals surface area contributed by atoms with E-state index in [0.29, 0.717) is 11.7 Å². The van der Waals surface area contributed by atoms with E-state index in [4.69, 9.17) is 5.11 Å². The van der Waals surface area contributed by atoms with Gasteiger partial charge in [-0.2, -0.15) is 0 Å². The molecule has 0 unspecified atom stereocenters. The molecule has 0 aromatic heterocycles. The minimum atomic E-state index is 0. The molecule has 1 aromatic carbocycles. The standard InChI is InChI=1S/C9H12O.H2O/c1-7(2)8-3-5-9(10)6-4-8;/h3-7,10H,1-2H3;1H2. The van der Waals surface area contributed by atoms with Gasteiger partial charge in [-0.05, 0) is 23.6 Å². The SMILES string of the molecule is CC(C)c1ccc(O)cc1.O. The molecule has 0 aliphatic rings. The second-order valence-electron chi connectivity index (χ2n) is 2.75. The van der Waals surface area contributed by atoms with Crippen LogP contribution in [0.3, 0.4) is 0 Å². The normalized spacial score (nSPS) is 9.36. The van der Waals surface area contributed by atoms with Crippen LogP contribution in [-0.4, -0.2) is 10.6 Å². The predicted molar refractivity (Wildman–Crippen MR) is 45.8 cm³/mol. The van der Waals surface area contributed by atoms with Crippen LogP contribution in [0.25, 0.3) is 0 Å². The zero-order chi connectivity index (χ0) is 7.56. The molecule has 1 aromatic rings. The van der Waals surface area contributed by atoms with Crippen LogP contribution in [0.15, 0.2) is 24.3 Å². The van der Waals surface area contributed by atoms with Gasteiger partial charge in [-0.1, -0.05) is 26.0 Å². The van der Waals surface area contributed by atoms with E-state index in [1.807, 2.05) is 12.1 Å². The third-order valence-corrected chi connectivity index (χ3v) is 1.56. The molecule has 1 rings (SSSR count). The van der Waals surface area contributed by atoms with Gasteiger partial charge in [-0.3, -0.25) is 0 Å². The van der Waals surface area contributed by atoms with E-state index in [-0.39, 0.29) is 5.48 Å². The van der Waals surface area contributed by atoms with Crippen molar-refractivity contribution in [2.45, 2.75) is 19.8 Å². The van der Waals surface area contributed by atoms with Gasteiger partial charge >= 0.3 is 0 Å². The van der Waals surface area contributed by atoms with Crippen molar-refractivity contribution in [3.8, 4) is 5.75 Å². The Hall–Kier alpha value is -1.02. The summed E-state index contributed by atoms with van der Waals surface area (Å²) in [6.45, 7) is 4.26. The van der Waals surface area contributed by atoms with Gasteiger partial charge in [0.25, 0.3) is 0 Å². The maximum atomic E-state index is 8.94. The molecule has 0 saturated heterocycles. The van der Waals surface area contributed by atoms with Crippen LogP contribution in [0.5, 0.6) is 5.75 Å². The molecule has 0 aliphatic heterocycles. The smallest absolute Gasteiger partial charge is 0.115 e. The first kappa shape index (κ1) is 9.98. The Morgan fingerprint density at radius 3 is 1.91 bits per heavy atom. The van der Waals surface area contributed by atoms with E-state index < -0.39 is 0 Å². The van der Waals surface area contributed by atoms with Crippen molar-refractivity contribution in [2.75, 3.05) is 0 Å². The fourth-order valence-corrected chi connectivity index (χ4v) is 0.859. The molecule has 0 atom stereocenters. The van der Waals surface area contributed by atoms with Gasteiger partial charge < -0.3 is 10.6 Å². The summed E-state index contributed by atoms with van der Waals surface area (Å²) in [7, 11) is 0. The van der Waals surface area contributed by atoms with Crippen molar-refractivity contribution < 1.29 is 10.6 Å². The highest BCUT2D eigenvalue weighted by atomic mass is 16.3. The molecule has 2 heteroatoms. The maximum Gasteiger partial charge on any atom is 0.115 e. The minimum absolute atomic E-state index is 0. The van der Waals surface area contributed by atoms with Crippen LogP contribution in [0.4, 0.5) is 0 Å². The van der Waals surface area contributed by atoms with Crippen LogP contribution < -0.4 is 0 Å². The summed E-state index contributed by atoms with van der Waals surface area (Å²) in [4.78, 5) is 0. The molecule has 0 spiro atoms. The highest BCUT2D eigenvalue weighted by Crippen LogP contribution is 2.16. The number of hydrogen-bond donors (Lipinski definition) is 1. The van der Waals surface area contributed by atoms with Crippen LogP contribution >= 0.6 is 0 Å². The third-order valence-electron chi connectivity index (χ3n) is 1.56. The fraction of sp³-hybridized carbons (Fsp3) is 0.333. The second-order valence-corrected chi connectivity index (χ2v) is 2.75. The Morgan fingerprint density at radius 2 is 1.55 bits per heavy atom. The topological polar surface area (TPSA) is 51.7 Å². The molecular weight excluding hydrogens is 140 g/mol. The summed E-state index contributed by atoms with van der Waals surface area (Å²) in [5.74, 6) is 0.880. The van der Waals surface area contributed by atoms with Gasteiger partial charge in [0.15, 0.2) is 0 Å². The van der Waals surface area contributed by atoms with Crippen LogP contribution in [0.1, 0.15) is 25.3 Å². The Balaban J connectivity index is 0.000001000. The number of aromatic hydroxyl groups is 1. The van der Waals surface area contributed by atoms with Crippen LogP contribution in [0.2, 0.25) is 0 Å². The van der Waals surface area contributed by atoms with E-state index >= 15 is 0 Å². The van der Waals surface area contributed by atoms with E-state index in [1.165, 1.54) is 5.56 Å². The molecule has 0 amide bonds. The first-order chi connectivity index (χ1) is 4.70. The van der Waals surface area contributed by atoms with Gasteiger partial charge in [0.05, 0.1) is 0 Å². The average molecular weight is 154 g/mol. The number of benzene rings is 1. The molecule has 0 heterocycles. The van der Waals surface area contributed by atoms with E-state index in [2.05, 4.69) is 13.8 Å². The maximum absolute atomic E-state index is 8.94. The second kappa shape index (κ2) is 3.98. The molecule has 0 saturated carbocycles. The highest BCUT2D eigenvalue weighted by Gasteiger charge is 1.96. The highest BCUT2D eigenvalue weighted by molar-refractivity contribution is 5.27. The van der Waals surface area contributed by atoms with Crippen molar-refractivity contribution in [1.29, 1.82) is 0 Å². The zero-order valence-electron chi connectivity index (χ0n) is 6.83. The summed E-state index contributed by atoms with van der Waals surface area (Å²) < 4.78 is 0. The van der Waals surface area contributed by atoms with Crippen molar-refractivity contribution in [3.05, 3.63) is 29.8 Å². The van der Waals surface area contributed by atoms with Crippen LogP contribution in [-0.2, 0) is 0 Å². The van der Waals surface area contributed by atoms with Gasteiger partial charge in [-0.25, -0.2) is 0 Å². The number of rotatable bonds is 1. The van der Waals surface area contributed by atoms with Gasteiger partial charge in [0.2, 0.25) is 0 Å². The summed E-state index contributed by atoms with van der Waals surface area (Å²) in [5.41, 5.74) is 1.26. The lowest BCUT2D eigenvalue weighted by molar-refractivity contribution is 0.475. The molecule has 3 N–H and O–H groups in total. The van der Waals surface area contributed by atoms with E-state index in [1.54, 1.807) is 12.1 Å². The van der Waals surface area contributed by atoms with Crippen molar-refractivity contribution in [2.24, 2.45) is 0 Å². The van der Waals surface area contributed by atoms with Gasteiger partial charge in [0.1, 0.15) is 5.75 Å². The average Bonchev–Trinajstić information content (AvgIpc) is 1.88. The monoisotopic (exact) mass is 154 g/mol. The summed E-state index contributed by atoms with van der Waals surface area (Å²) in [6, 6.07) is 7.32. The largest absolute Gasteiger partial charge is 0.508 e. The Morgan fingerprint density at radius 1 is 1.09 bits per heavy atom. The predicted octanol–water partition coefficient (Wildman–Crippen LogP) is 1.69. The number of phenols is 1. The van der Waals surface area contributed by atoms with E-state index in [9.17, 15) is 0 Å². The van der Waals surface area contributed by atoms with Crippen molar-refractivity contribution >= 4 is 0 Å². The Labute approximate surface area is 66.8 Å². The molecule has 0 radical (unpaired) electrons. The minimum Gasteiger partial charge on any atom is -0.508 e. The van der Waals surface area contributed by atoms with Crippen LogP contribution in [0, 0.1) is 0 Å². The third kappa shape index (κ3) is 2.60. The number of hydrogen-bond acceptors (Lipinski definition) is 1. The lowest BCUT2D eigenvalue weighted by Gasteiger charge is -2.03. The summed E-state index contributed by atoms with van der Waals surface area (Å²) in [6.07, 6.45) is 0. The fourth-order valence-electron chi connectivity index (χ4n) is 0.859. The lowest BCUT2D eigenvalue weighted by atomic mass is 10.0. The molecule has 62 valence electrons. The zero-order valence-corrected chi connectivity index (χ0v) is 6.83. The molecular formula is C9H14O2.